The number of aromatic amines is 1. The summed E-state index contributed by atoms with van der Waals surface area (Å²) in [7, 11) is 0. The third kappa shape index (κ3) is 3.35. The van der Waals surface area contributed by atoms with E-state index in [0.717, 1.165) is 11.3 Å². The van der Waals surface area contributed by atoms with Gasteiger partial charge in [-0.25, -0.2) is 4.98 Å². The SMILES string of the molecule is Cc1cccc(OCCNc2ncc[nH]c2=O)c1. The van der Waals surface area contributed by atoms with Crippen LogP contribution >= 0.6 is 0 Å². The predicted molar refractivity (Wildman–Crippen MR) is 70.0 cm³/mol. The lowest BCUT2D eigenvalue weighted by Crippen LogP contribution is -2.19. The van der Waals surface area contributed by atoms with Crippen LogP contribution in [0.3, 0.4) is 0 Å². The molecule has 0 amide bonds. The Labute approximate surface area is 105 Å². The molecule has 2 rings (SSSR count). The molecule has 0 aliphatic heterocycles. The normalized spacial score (nSPS) is 10.1. The number of anilines is 1. The second-order valence-electron chi connectivity index (χ2n) is 3.86. The van der Waals surface area contributed by atoms with Gasteiger partial charge in [0.2, 0.25) is 0 Å². The Morgan fingerprint density at radius 3 is 3.11 bits per heavy atom. The number of aromatic nitrogens is 2. The number of H-pyrrole nitrogens is 1. The highest BCUT2D eigenvalue weighted by atomic mass is 16.5. The minimum atomic E-state index is -0.229. The van der Waals surface area contributed by atoms with Crippen LogP contribution in [0.1, 0.15) is 5.56 Å². The first-order valence-electron chi connectivity index (χ1n) is 5.73. The molecule has 0 saturated carbocycles. The standard InChI is InChI=1S/C13H15N3O2/c1-10-3-2-4-11(9-10)18-8-7-15-12-13(17)16-6-5-14-12/h2-6,9H,7-8H2,1H3,(H,14,15)(H,16,17). The van der Waals surface area contributed by atoms with Gasteiger partial charge in [0.25, 0.3) is 5.56 Å². The van der Waals surface area contributed by atoms with Crippen LogP contribution < -0.4 is 15.6 Å². The van der Waals surface area contributed by atoms with Crippen molar-refractivity contribution in [3.05, 3.63) is 52.6 Å². The molecular formula is C13H15N3O2. The van der Waals surface area contributed by atoms with Crippen molar-refractivity contribution in [1.82, 2.24) is 9.97 Å². The third-order valence-electron chi connectivity index (χ3n) is 2.36. The Morgan fingerprint density at radius 1 is 1.44 bits per heavy atom. The summed E-state index contributed by atoms with van der Waals surface area (Å²) >= 11 is 0. The Balaban J connectivity index is 1.80. The van der Waals surface area contributed by atoms with Gasteiger partial charge < -0.3 is 15.0 Å². The van der Waals surface area contributed by atoms with E-state index in [1.807, 2.05) is 31.2 Å². The van der Waals surface area contributed by atoms with Crippen molar-refractivity contribution in [3.63, 3.8) is 0 Å². The Hall–Kier alpha value is -2.30. The van der Waals surface area contributed by atoms with Crippen molar-refractivity contribution in [2.24, 2.45) is 0 Å². The number of aryl methyl sites for hydroxylation is 1. The van der Waals surface area contributed by atoms with Gasteiger partial charge in [-0.2, -0.15) is 0 Å². The summed E-state index contributed by atoms with van der Waals surface area (Å²) in [6, 6.07) is 7.83. The summed E-state index contributed by atoms with van der Waals surface area (Å²) < 4.78 is 5.55. The lowest BCUT2D eigenvalue weighted by Gasteiger charge is -2.07. The monoisotopic (exact) mass is 245 g/mol. The first kappa shape index (κ1) is 12.2. The molecule has 1 heterocycles. The lowest BCUT2D eigenvalue weighted by molar-refractivity contribution is 0.332. The molecule has 0 bridgehead atoms. The van der Waals surface area contributed by atoms with Gasteiger partial charge in [0.1, 0.15) is 12.4 Å². The molecular weight excluding hydrogens is 230 g/mol. The number of benzene rings is 1. The molecule has 94 valence electrons. The molecule has 0 fully saturated rings. The fraction of sp³-hybridized carbons (Fsp3) is 0.231. The van der Waals surface area contributed by atoms with Crippen LogP contribution in [-0.2, 0) is 0 Å². The van der Waals surface area contributed by atoms with Crippen LogP contribution in [0.5, 0.6) is 5.75 Å². The van der Waals surface area contributed by atoms with E-state index < -0.39 is 0 Å². The number of nitrogens with zero attached hydrogens (tertiary/aromatic N) is 1. The Kier molecular flexibility index (Phi) is 3.96. The maximum absolute atomic E-state index is 11.3. The molecule has 1 aromatic heterocycles. The molecule has 0 radical (unpaired) electrons. The minimum absolute atomic E-state index is 0.229. The maximum atomic E-state index is 11.3. The van der Waals surface area contributed by atoms with E-state index in [1.54, 1.807) is 0 Å². The molecule has 1 aromatic carbocycles. The highest BCUT2D eigenvalue weighted by molar-refractivity contribution is 5.30. The number of ether oxygens (including phenoxy) is 1. The molecule has 5 heteroatoms. The fourth-order valence-corrected chi connectivity index (χ4v) is 1.52. The molecule has 2 N–H and O–H groups in total. The van der Waals surface area contributed by atoms with E-state index >= 15 is 0 Å². The Bertz CT molecular complexity index is 566. The van der Waals surface area contributed by atoms with Crippen LogP contribution in [0, 0.1) is 6.92 Å². The summed E-state index contributed by atoms with van der Waals surface area (Å²) in [5.41, 5.74) is 0.926. The summed E-state index contributed by atoms with van der Waals surface area (Å²) in [6.45, 7) is 3.01. The van der Waals surface area contributed by atoms with Crippen molar-refractivity contribution in [2.45, 2.75) is 6.92 Å². The third-order valence-corrected chi connectivity index (χ3v) is 2.36. The largest absolute Gasteiger partial charge is 0.492 e. The number of nitrogens with one attached hydrogen (secondary N) is 2. The average Bonchev–Trinajstić information content (AvgIpc) is 2.37. The van der Waals surface area contributed by atoms with Crippen LogP contribution in [0.25, 0.3) is 0 Å². The zero-order valence-electron chi connectivity index (χ0n) is 10.1. The van der Waals surface area contributed by atoms with Gasteiger partial charge in [0.05, 0.1) is 6.54 Å². The van der Waals surface area contributed by atoms with E-state index in [1.165, 1.54) is 12.4 Å². The van der Waals surface area contributed by atoms with Crippen molar-refractivity contribution in [3.8, 4) is 5.75 Å². The fourth-order valence-electron chi connectivity index (χ4n) is 1.52. The number of rotatable bonds is 5. The van der Waals surface area contributed by atoms with Gasteiger partial charge in [-0.15, -0.1) is 0 Å². The van der Waals surface area contributed by atoms with Gasteiger partial charge in [-0.3, -0.25) is 4.79 Å². The van der Waals surface area contributed by atoms with Crippen LogP contribution in [0.4, 0.5) is 5.82 Å². The van der Waals surface area contributed by atoms with E-state index in [-0.39, 0.29) is 5.56 Å². The molecule has 0 saturated heterocycles. The maximum Gasteiger partial charge on any atom is 0.290 e. The first-order valence-corrected chi connectivity index (χ1v) is 5.73. The summed E-state index contributed by atoms with van der Waals surface area (Å²) in [4.78, 5) is 17.8. The average molecular weight is 245 g/mol. The number of hydrogen-bond donors (Lipinski definition) is 2. The van der Waals surface area contributed by atoms with E-state index in [9.17, 15) is 4.79 Å². The molecule has 0 atom stereocenters. The lowest BCUT2D eigenvalue weighted by atomic mass is 10.2. The smallest absolute Gasteiger partial charge is 0.290 e. The van der Waals surface area contributed by atoms with Gasteiger partial charge >= 0.3 is 0 Å². The summed E-state index contributed by atoms with van der Waals surface area (Å²) in [5, 5.41) is 2.92. The molecule has 5 nitrogen and oxygen atoms in total. The highest BCUT2D eigenvalue weighted by Gasteiger charge is 1.98. The van der Waals surface area contributed by atoms with Crippen molar-refractivity contribution in [2.75, 3.05) is 18.5 Å². The zero-order chi connectivity index (χ0) is 12.8. The van der Waals surface area contributed by atoms with Gasteiger partial charge in [0.15, 0.2) is 5.82 Å². The molecule has 18 heavy (non-hydrogen) atoms. The van der Waals surface area contributed by atoms with Crippen molar-refractivity contribution >= 4 is 5.82 Å². The summed E-state index contributed by atoms with van der Waals surface area (Å²) in [6.07, 6.45) is 3.03. The quantitative estimate of drug-likeness (QED) is 0.785. The van der Waals surface area contributed by atoms with E-state index in [0.29, 0.717) is 19.0 Å². The number of hydrogen-bond acceptors (Lipinski definition) is 4. The van der Waals surface area contributed by atoms with Gasteiger partial charge in [-0.05, 0) is 24.6 Å². The Morgan fingerprint density at radius 2 is 2.33 bits per heavy atom. The molecule has 0 aliphatic carbocycles. The zero-order valence-corrected chi connectivity index (χ0v) is 10.1. The highest BCUT2D eigenvalue weighted by Crippen LogP contribution is 2.11. The van der Waals surface area contributed by atoms with Crippen molar-refractivity contribution < 1.29 is 4.74 Å². The van der Waals surface area contributed by atoms with Gasteiger partial charge in [-0.1, -0.05) is 12.1 Å². The van der Waals surface area contributed by atoms with Crippen LogP contribution in [0.2, 0.25) is 0 Å². The first-order chi connectivity index (χ1) is 8.75. The van der Waals surface area contributed by atoms with Crippen LogP contribution in [-0.4, -0.2) is 23.1 Å². The second kappa shape index (κ2) is 5.86. The molecule has 0 unspecified atom stereocenters. The van der Waals surface area contributed by atoms with Crippen LogP contribution in [0.15, 0.2) is 41.5 Å². The van der Waals surface area contributed by atoms with Crippen molar-refractivity contribution in [1.29, 1.82) is 0 Å². The molecule has 2 aromatic rings. The van der Waals surface area contributed by atoms with E-state index in [2.05, 4.69) is 15.3 Å². The molecule has 0 spiro atoms. The molecule has 0 aliphatic rings. The van der Waals surface area contributed by atoms with E-state index in [4.69, 9.17) is 4.74 Å². The topological polar surface area (TPSA) is 67.0 Å². The predicted octanol–water partition coefficient (Wildman–Crippen LogP) is 1.57. The minimum Gasteiger partial charge on any atom is -0.492 e. The second-order valence-corrected chi connectivity index (χ2v) is 3.86. The van der Waals surface area contributed by atoms with Gasteiger partial charge in [0, 0.05) is 12.4 Å². The summed E-state index contributed by atoms with van der Waals surface area (Å²) in [5.74, 6) is 1.14.